The van der Waals surface area contributed by atoms with E-state index in [2.05, 4.69) is 15.2 Å². The summed E-state index contributed by atoms with van der Waals surface area (Å²) in [5, 5.41) is 3.40. The number of nitrogens with one attached hydrogen (secondary N) is 1. The van der Waals surface area contributed by atoms with Crippen LogP contribution in [0.5, 0.6) is 0 Å². The number of aromatic nitrogens is 1. The molecule has 0 amide bonds. The van der Waals surface area contributed by atoms with Gasteiger partial charge in [0.25, 0.3) is 0 Å². The fourth-order valence-electron chi connectivity index (χ4n) is 2.95. The molecule has 0 spiro atoms. The smallest absolute Gasteiger partial charge is 0.128 e. The van der Waals surface area contributed by atoms with Crippen molar-refractivity contribution in [2.45, 2.75) is 12.5 Å². The van der Waals surface area contributed by atoms with Gasteiger partial charge in [-0.2, -0.15) is 0 Å². The third kappa shape index (κ3) is 3.28. The zero-order valence-corrected chi connectivity index (χ0v) is 12.0. The molecular formula is C17H20FN3. The van der Waals surface area contributed by atoms with Crippen molar-refractivity contribution in [2.24, 2.45) is 0 Å². The molecule has 1 unspecified atom stereocenters. The van der Waals surface area contributed by atoms with Gasteiger partial charge in [-0.3, -0.25) is 9.88 Å². The molecule has 0 saturated carbocycles. The van der Waals surface area contributed by atoms with Crippen LogP contribution < -0.4 is 5.32 Å². The summed E-state index contributed by atoms with van der Waals surface area (Å²) in [6, 6.07) is 10.9. The van der Waals surface area contributed by atoms with E-state index in [1.807, 2.05) is 30.5 Å². The maximum atomic E-state index is 14.3. The van der Waals surface area contributed by atoms with E-state index in [9.17, 15) is 4.39 Å². The third-order valence-corrected chi connectivity index (χ3v) is 3.94. The van der Waals surface area contributed by atoms with E-state index in [1.54, 1.807) is 12.3 Å². The molecule has 1 saturated heterocycles. The van der Waals surface area contributed by atoms with E-state index in [4.69, 9.17) is 0 Å². The van der Waals surface area contributed by atoms with Crippen molar-refractivity contribution in [1.29, 1.82) is 0 Å². The Bertz CT molecular complexity index is 565. The molecule has 1 aliphatic heterocycles. The fraction of sp³-hybridized carbons (Fsp3) is 0.353. The highest BCUT2D eigenvalue weighted by Crippen LogP contribution is 2.30. The number of rotatable bonds is 3. The van der Waals surface area contributed by atoms with Crippen molar-refractivity contribution in [2.75, 3.05) is 26.2 Å². The minimum atomic E-state index is -0.149. The third-order valence-electron chi connectivity index (χ3n) is 3.94. The quantitative estimate of drug-likeness (QED) is 0.939. The number of benzene rings is 1. The van der Waals surface area contributed by atoms with Crippen LogP contribution in [0.1, 0.15) is 23.6 Å². The molecule has 0 bridgehead atoms. The Morgan fingerprint density at radius 1 is 1.10 bits per heavy atom. The molecule has 2 aromatic rings. The van der Waals surface area contributed by atoms with Gasteiger partial charge in [-0.05, 0) is 30.7 Å². The number of nitrogens with zero attached hydrogens (tertiary/aromatic N) is 2. The summed E-state index contributed by atoms with van der Waals surface area (Å²) in [6.07, 6.45) is 4.67. The molecule has 1 N–H and O–H groups in total. The van der Waals surface area contributed by atoms with Crippen LogP contribution in [-0.2, 0) is 0 Å². The lowest BCUT2D eigenvalue weighted by molar-refractivity contribution is 0.236. The number of hydrogen-bond acceptors (Lipinski definition) is 3. The average Bonchev–Trinajstić information content (AvgIpc) is 2.80. The van der Waals surface area contributed by atoms with E-state index in [1.165, 1.54) is 6.07 Å². The first-order chi connectivity index (χ1) is 10.4. The van der Waals surface area contributed by atoms with Gasteiger partial charge >= 0.3 is 0 Å². The van der Waals surface area contributed by atoms with Gasteiger partial charge in [0.1, 0.15) is 5.82 Å². The van der Waals surface area contributed by atoms with Gasteiger partial charge in [-0.25, -0.2) is 4.39 Å². The molecule has 4 heteroatoms. The number of hydrogen-bond donors (Lipinski definition) is 1. The van der Waals surface area contributed by atoms with Gasteiger partial charge in [-0.15, -0.1) is 0 Å². The zero-order valence-electron chi connectivity index (χ0n) is 12.0. The Labute approximate surface area is 124 Å². The minimum Gasteiger partial charge on any atom is -0.315 e. The Morgan fingerprint density at radius 3 is 2.81 bits per heavy atom. The molecule has 0 radical (unpaired) electrons. The van der Waals surface area contributed by atoms with Crippen LogP contribution in [0.25, 0.3) is 0 Å². The van der Waals surface area contributed by atoms with Crippen molar-refractivity contribution < 1.29 is 4.39 Å². The lowest BCUT2D eigenvalue weighted by Crippen LogP contribution is -2.33. The van der Waals surface area contributed by atoms with Crippen molar-refractivity contribution in [3.8, 4) is 0 Å². The molecule has 2 heterocycles. The standard InChI is InChI=1S/C17H20FN3/c18-16-7-2-1-6-15(16)17(14-5-3-8-20-13-14)21-11-4-9-19-10-12-21/h1-3,5-8,13,17,19H,4,9-12H2. The molecule has 110 valence electrons. The maximum absolute atomic E-state index is 14.3. The topological polar surface area (TPSA) is 28.2 Å². The lowest BCUT2D eigenvalue weighted by Gasteiger charge is -2.31. The minimum absolute atomic E-state index is 0.0696. The van der Waals surface area contributed by atoms with Crippen LogP contribution in [0.3, 0.4) is 0 Å². The normalized spacial score (nSPS) is 18.1. The van der Waals surface area contributed by atoms with Crippen LogP contribution in [0.2, 0.25) is 0 Å². The highest BCUT2D eigenvalue weighted by Gasteiger charge is 2.25. The van der Waals surface area contributed by atoms with Crippen LogP contribution in [-0.4, -0.2) is 36.1 Å². The second kappa shape index (κ2) is 6.78. The lowest BCUT2D eigenvalue weighted by atomic mass is 9.97. The van der Waals surface area contributed by atoms with E-state index >= 15 is 0 Å². The van der Waals surface area contributed by atoms with Gasteiger partial charge in [-0.1, -0.05) is 24.3 Å². The first-order valence-electron chi connectivity index (χ1n) is 7.45. The molecule has 1 fully saturated rings. The second-order valence-electron chi connectivity index (χ2n) is 5.35. The van der Waals surface area contributed by atoms with Gasteiger partial charge in [0.05, 0.1) is 6.04 Å². The van der Waals surface area contributed by atoms with E-state index in [0.29, 0.717) is 0 Å². The molecule has 1 aliphatic rings. The van der Waals surface area contributed by atoms with E-state index in [0.717, 1.165) is 43.7 Å². The Hall–Kier alpha value is -1.78. The van der Waals surface area contributed by atoms with Crippen molar-refractivity contribution in [3.05, 3.63) is 65.7 Å². The number of halogens is 1. The first kappa shape index (κ1) is 14.2. The van der Waals surface area contributed by atoms with Crippen molar-refractivity contribution in [3.63, 3.8) is 0 Å². The molecule has 3 rings (SSSR count). The van der Waals surface area contributed by atoms with Gasteiger partial charge in [0.15, 0.2) is 0 Å². The first-order valence-corrected chi connectivity index (χ1v) is 7.45. The molecule has 21 heavy (non-hydrogen) atoms. The van der Waals surface area contributed by atoms with Crippen LogP contribution in [0.15, 0.2) is 48.8 Å². The summed E-state index contributed by atoms with van der Waals surface area (Å²) >= 11 is 0. The predicted octanol–water partition coefficient (Wildman–Crippen LogP) is 2.61. The van der Waals surface area contributed by atoms with Crippen molar-refractivity contribution >= 4 is 0 Å². The fourth-order valence-corrected chi connectivity index (χ4v) is 2.95. The second-order valence-corrected chi connectivity index (χ2v) is 5.35. The molecule has 3 nitrogen and oxygen atoms in total. The Balaban J connectivity index is 2.00. The summed E-state index contributed by atoms with van der Waals surface area (Å²) in [5.74, 6) is -0.149. The zero-order chi connectivity index (χ0) is 14.5. The predicted molar refractivity (Wildman–Crippen MR) is 81.5 cm³/mol. The summed E-state index contributed by atoms with van der Waals surface area (Å²) in [5.41, 5.74) is 1.77. The summed E-state index contributed by atoms with van der Waals surface area (Å²) in [6.45, 7) is 3.83. The Kier molecular flexibility index (Phi) is 4.58. The highest BCUT2D eigenvalue weighted by molar-refractivity contribution is 5.31. The highest BCUT2D eigenvalue weighted by atomic mass is 19.1. The van der Waals surface area contributed by atoms with E-state index in [-0.39, 0.29) is 11.9 Å². The van der Waals surface area contributed by atoms with Crippen LogP contribution in [0.4, 0.5) is 4.39 Å². The van der Waals surface area contributed by atoms with Gasteiger partial charge < -0.3 is 5.32 Å². The molecular weight excluding hydrogens is 265 g/mol. The van der Waals surface area contributed by atoms with E-state index < -0.39 is 0 Å². The van der Waals surface area contributed by atoms with Gasteiger partial charge in [0.2, 0.25) is 0 Å². The monoisotopic (exact) mass is 285 g/mol. The Morgan fingerprint density at radius 2 is 2.00 bits per heavy atom. The SMILES string of the molecule is Fc1ccccc1C(c1cccnc1)N1CCCNCC1. The largest absolute Gasteiger partial charge is 0.315 e. The van der Waals surface area contributed by atoms with Crippen molar-refractivity contribution in [1.82, 2.24) is 15.2 Å². The molecule has 1 aromatic heterocycles. The molecule has 1 aromatic carbocycles. The average molecular weight is 285 g/mol. The summed E-state index contributed by atoms with van der Waals surface area (Å²) < 4.78 is 14.3. The summed E-state index contributed by atoms with van der Waals surface area (Å²) in [4.78, 5) is 6.56. The summed E-state index contributed by atoms with van der Waals surface area (Å²) in [7, 11) is 0. The molecule has 0 aliphatic carbocycles. The maximum Gasteiger partial charge on any atom is 0.128 e. The van der Waals surface area contributed by atoms with Crippen LogP contribution in [0, 0.1) is 5.82 Å². The van der Waals surface area contributed by atoms with Gasteiger partial charge in [0, 0.05) is 37.6 Å². The van der Waals surface area contributed by atoms with Crippen LogP contribution >= 0.6 is 0 Å². The number of pyridine rings is 1. The molecule has 1 atom stereocenters.